The molecule has 0 spiro atoms. The summed E-state index contributed by atoms with van der Waals surface area (Å²) >= 11 is 0. The topological polar surface area (TPSA) is 122 Å². The summed E-state index contributed by atoms with van der Waals surface area (Å²) in [7, 11) is 0. The number of anilines is 1. The molecule has 2 fully saturated rings. The second-order valence-electron chi connectivity index (χ2n) is 12.4. The van der Waals surface area contributed by atoms with Gasteiger partial charge in [-0.1, -0.05) is 32.0 Å². The quantitative estimate of drug-likeness (QED) is 0.210. The van der Waals surface area contributed by atoms with Gasteiger partial charge >= 0.3 is 11.9 Å². The maximum atomic E-state index is 11.8. The molecule has 8 heteroatoms. The lowest BCUT2D eigenvalue weighted by atomic mass is 9.55. The van der Waals surface area contributed by atoms with E-state index in [2.05, 4.69) is 18.3 Å². The van der Waals surface area contributed by atoms with Gasteiger partial charge in [-0.25, -0.2) is 4.79 Å². The monoisotopic (exact) mass is 599 g/mol. The fraction of sp³-hybridized carbons (Fsp3) is 0.417. The third-order valence-corrected chi connectivity index (χ3v) is 9.69. The van der Waals surface area contributed by atoms with Crippen molar-refractivity contribution in [2.45, 2.75) is 77.7 Å². The van der Waals surface area contributed by atoms with Crippen LogP contribution in [-0.4, -0.2) is 34.2 Å². The summed E-state index contributed by atoms with van der Waals surface area (Å²) in [4.78, 5) is 34.5. The van der Waals surface area contributed by atoms with Crippen LogP contribution in [0.1, 0.15) is 86.7 Å². The lowest BCUT2D eigenvalue weighted by Gasteiger charge is -2.50. The fourth-order valence-electron chi connectivity index (χ4n) is 7.57. The molecule has 0 aliphatic heterocycles. The number of hydrogen-bond acceptors (Lipinski definition) is 7. The first-order chi connectivity index (χ1) is 21.1. The molecule has 3 aromatic carbocycles. The first-order valence-electron chi connectivity index (χ1n) is 15.5. The summed E-state index contributed by atoms with van der Waals surface area (Å²) in [5.74, 6) is 1.69. The van der Waals surface area contributed by atoms with Crippen LogP contribution < -0.4 is 10.1 Å². The lowest BCUT2D eigenvalue weighted by molar-refractivity contribution is -0.157. The van der Waals surface area contributed by atoms with Gasteiger partial charge in [-0.05, 0) is 116 Å². The molecule has 8 nitrogen and oxygen atoms in total. The van der Waals surface area contributed by atoms with Gasteiger partial charge in [0.15, 0.2) is 0 Å². The minimum Gasteiger partial charge on any atom is -0.508 e. The van der Waals surface area contributed by atoms with Crippen molar-refractivity contribution in [1.82, 2.24) is 0 Å². The Morgan fingerprint density at radius 2 is 1.70 bits per heavy atom. The number of esters is 2. The van der Waals surface area contributed by atoms with Crippen LogP contribution in [0, 0.1) is 17.3 Å². The molecular formula is C36H41NO7. The third kappa shape index (κ3) is 6.59. The van der Waals surface area contributed by atoms with E-state index in [4.69, 9.17) is 9.47 Å². The minimum atomic E-state index is -0.643. The predicted octanol–water partition coefficient (Wildman–Crippen LogP) is 7.14. The number of aryl methyl sites for hydroxylation is 1. The molecule has 5 unspecified atom stereocenters. The average molecular weight is 600 g/mol. The van der Waals surface area contributed by atoms with E-state index < -0.39 is 5.97 Å². The third-order valence-electron chi connectivity index (χ3n) is 9.69. The van der Waals surface area contributed by atoms with Gasteiger partial charge in [0, 0.05) is 24.4 Å². The van der Waals surface area contributed by atoms with Crippen molar-refractivity contribution >= 4 is 23.5 Å². The smallest absolute Gasteiger partial charge is 0.347 e. The molecule has 3 aromatic rings. The van der Waals surface area contributed by atoms with Crippen molar-refractivity contribution in [2.75, 3.05) is 5.32 Å². The highest BCUT2D eigenvalue weighted by Gasteiger charge is 2.56. The second-order valence-corrected chi connectivity index (χ2v) is 12.4. The van der Waals surface area contributed by atoms with Crippen molar-refractivity contribution in [3.63, 3.8) is 0 Å². The van der Waals surface area contributed by atoms with E-state index in [0.29, 0.717) is 41.4 Å². The molecule has 0 radical (unpaired) electrons. The standard InChI is InChI=1S/C21H28O3.C15H13NO4/c1-3-20(23)24-19-9-8-18-17-6-4-13-12-14(22)5-7-15(13)16(17)10-11-21(18,19)2;1-10(17)16-11-6-8-12(9-7-11)20-15(19)13-4-2-3-5-14(13)18/h5,7,12,16-19,22H,3-4,6,8-11H2,1-2H3;2-9,18H,1H3,(H,16,17). The number of fused-ring (bicyclic) bond motifs is 5. The van der Waals surface area contributed by atoms with Gasteiger partial charge in [0.2, 0.25) is 5.91 Å². The number of phenols is 2. The van der Waals surface area contributed by atoms with Crippen molar-refractivity contribution in [1.29, 1.82) is 0 Å². The number of hydrogen-bond donors (Lipinski definition) is 3. The van der Waals surface area contributed by atoms with Crippen LogP contribution in [0.4, 0.5) is 5.69 Å². The Morgan fingerprint density at radius 1 is 0.955 bits per heavy atom. The number of rotatable bonds is 5. The van der Waals surface area contributed by atoms with E-state index >= 15 is 0 Å². The summed E-state index contributed by atoms with van der Waals surface area (Å²) in [6.07, 6.45) is 7.38. The van der Waals surface area contributed by atoms with Crippen LogP contribution in [0.25, 0.3) is 0 Å². The molecule has 1 amide bonds. The number of amides is 1. The van der Waals surface area contributed by atoms with Crippen molar-refractivity contribution in [3.8, 4) is 17.2 Å². The first-order valence-corrected chi connectivity index (χ1v) is 15.5. The van der Waals surface area contributed by atoms with Crippen molar-refractivity contribution in [2.24, 2.45) is 17.3 Å². The highest BCUT2D eigenvalue weighted by molar-refractivity contribution is 5.94. The minimum absolute atomic E-state index is 0.0477. The van der Waals surface area contributed by atoms with Gasteiger partial charge in [0.1, 0.15) is 28.9 Å². The van der Waals surface area contributed by atoms with E-state index in [1.54, 1.807) is 36.4 Å². The van der Waals surface area contributed by atoms with Crippen LogP contribution in [-0.2, 0) is 20.7 Å². The Balaban J connectivity index is 0.000000178. The lowest BCUT2D eigenvalue weighted by Crippen LogP contribution is -2.45. The molecule has 5 atom stereocenters. The largest absolute Gasteiger partial charge is 0.508 e. The Kier molecular flexibility index (Phi) is 9.28. The molecule has 3 aliphatic carbocycles. The molecule has 3 N–H and O–H groups in total. The number of benzene rings is 3. The average Bonchev–Trinajstić information content (AvgIpc) is 3.33. The molecule has 6 rings (SSSR count). The van der Waals surface area contributed by atoms with Crippen LogP contribution in [0.5, 0.6) is 17.2 Å². The maximum Gasteiger partial charge on any atom is 0.347 e. The number of carbonyl (C=O) groups is 3. The molecular weight excluding hydrogens is 558 g/mol. The number of aromatic hydroxyl groups is 2. The zero-order chi connectivity index (χ0) is 31.4. The molecule has 232 valence electrons. The number of para-hydroxylation sites is 1. The SMILES string of the molecule is CC(=O)Nc1ccc(OC(=O)c2ccccc2O)cc1.CCC(=O)OC1CCC2C3CCc4cc(O)ccc4C3CCC12C. The Bertz CT molecular complexity index is 1520. The summed E-state index contributed by atoms with van der Waals surface area (Å²) < 4.78 is 11.0. The van der Waals surface area contributed by atoms with Gasteiger partial charge < -0.3 is 25.0 Å². The summed E-state index contributed by atoms with van der Waals surface area (Å²) in [6.45, 7) is 5.65. The number of nitrogens with one attached hydrogen (secondary N) is 1. The van der Waals surface area contributed by atoms with Crippen LogP contribution >= 0.6 is 0 Å². The number of carbonyl (C=O) groups excluding carboxylic acids is 3. The molecule has 0 saturated heterocycles. The molecule has 44 heavy (non-hydrogen) atoms. The van der Waals surface area contributed by atoms with E-state index in [9.17, 15) is 24.6 Å². The summed E-state index contributed by atoms with van der Waals surface area (Å²) in [5.41, 5.74) is 3.66. The maximum absolute atomic E-state index is 11.8. The normalized spacial score (nSPS) is 24.8. The Hall–Kier alpha value is -4.33. The highest BCUT2D eigenvalue weighted by Crippen LogP contribution is 2.61. The van der Waals surface area contributed by atoms with E-state index in [1.165, 1.54) is 49.4 Å². The zero-order valence-electron chi connectivity index (χ0n) is 25.5. The van der Waals surface area contributed by atoms with Crippen molar-refractivity contribution in [3.05, 3.63) is 83.4 Å². The van der Waals surface area contributed by atoms with Gasteiger partial charge in [0.05, 0.1) is 0 Å². The van der Waals surface area contributed by atoms with Crippen LogP contribution in [0.15, 0.2) is 66.7 Å². The molecule has 0 bridgehead atoms. The van der Waals surface area contributed by atoms with Crippen molar-refractivity contribution < 1.29 is 34.1 Å². The summed E-state index contributed by atoms with van der Waals surface area (Å²) in [6, 6.07) is 18.4. The number of ether oxygens (including phenoxy) is 2. The van der Waals surface area contributed by atoms with Gasteiger partial charge in [-0.2, -0.15) is 0 Å². The molecule has 0 aromatic heterocycles. The Morgan fingerprint density at radius 3 is 2.41 bits per heavy atom. The molecule has 0 heterocycles. The fourth-order valence-corrected chi connectivity index (χ4v) is 7.57. The Labute approximate surface area is 258 Å². The first kappa shape index (κ1) is 31.1. The van der Waals surface area contributed by atoms with E-state index in [-0.39, 0.29) is 34.7 Å². The predicted molar refractivity (Wildman–Crippen MR) is 167 cm³/mol. The van der Waals surface area contributed by atoms with Gasteiger partial charge in [-0.15, -0.1) is 0 Å². The van der Waals surface area contributed by atoms with Crippen LogP contribution in [0.2, 0.25) is 0 Å². The highest BCUT2D eigenvalue weighted by atomic mass is 16.5. The number of phenolic OH excluding ortho intramolecular Hbond substituents is 2. The zero-order valence-corrected chi connectivity index (χ0v) is 25.5. The second kappa shape index (κ2) is 13.1. The van der Waals surface area contributed by atoms with Gasteiger partial charge in [0.25, 0.3) is 0 Å². The molecule has 3 aliphatic rings. The molecule has 2 saturated carbocycles. The van der Waals surface area contributed by atoms with Crippen LogP contribution in [0.3, 0.4) is 0 Å². The van der Waals surface area contributed by atoms with Gasteiger partial charge in [-0.3, -0.25) is 9.59 Å². The summed E-state index contributed by atoms with van der Waals surface area (Å²) in [5, 5.41) is 21.9. The van der Waals surface area contributed by atoms with E-state index in [0.717, 1.165) is 19.3 Å². The van der Waals surface area contributed by atoms with E-state index in [1.807, 2.05) is 19.1 Å².